The fraction of sp³-hybridized carbons (Fsp3) is 0.710. The molecule has 8 nitrogen and oxygen atoms in total. The Labute approximate surface area is 428 Å². The van der Waals surface area contributed by atoms with Crippen molar-refractivity contribution in [3.63, 3.8) is 0 Å². The van der Waals surface area contributed by atoms with Crippen molar-refractivity contribution in [1.82, 2.24) is 0 Å². The van der Waals surface area contributed by atoms with Gasteiger partial charge in [0.2, 0.25) is 0 Å². The summed E-state index contributed by atoms with van der Waals surface area (Å²) >= 11 is 0. The minimum Gasteiger partial charge on any atom is -0.508 e. The molecule has 0 saturated heterocycles. The second kappa shape index (κ2) is 40.6. The van der Waals surface area contributed by atoms with E-state index in [4.69, 9.17) is 9.47 Å². The van der Waals surface area contributed by atoms with Gasteiger partial charge in [-0.25, -0.2) is 4.79 Å². The minimum atomic E-state index is -1.34. The number of rotatable bonds is 37. The van der Waals surface area contributed by atoms with Gasteiger partial charge in [-0.1, -0.05) is 242 Å². The van der Waals surface area contributed by atoms with Gasteiger partial charge in [-0.2, -0.15) is 0 Å². The topological polar surface area (TPSA) is 127 Å². The van der Waals surface area contributed by atoms with Crippen LogP contribution in [0.2, 0.25) is 0 Å². The van der Waals surface area contributed by atoms with Crippen molar-refractivity contribution in [3.8, 4) is 11.5 Å². The molecule has 0 radical (unpaired) electrons. The Hall–Kier alpha value is -3.94. The van der Waals surface area contributed by atoms with Crippen molar-refractivity contribution in [2.24, 2.45) is 11.3 Å². The molecule has 2 aliphatic rings. The third kappa shape index (κ3) is 28.2. The van der Waals surface area contributed by atoms with E-state index < -0.39 is 23.3 Å². The molecule has 1 aromatic rings. The van der Waals surface area contributed by atoms with Crippen LogP contribution in [-0.4, -0.2) is 46.9 Å². The fourth-order valence-electron chi connectivity index (χ4n) is 9.21. The molecule has 0 saturated carbocycles. The Bertz CT molecular complexity index is 1690. The number of carbonyl (C=O) groups is 4. The minimum absolute atomic E-state index is 0.0153. The van der Waals surface area contributed by atoms with Gasteiger partial charge >= 0.3 is 11.9 Å². The molecule has 0 unspecified atom stereocenters. The van der Waals surface area contributed by atoms with Crippen LogP contribution >= 0.6 is 0 Å². The standard InChI is InChI=1S/C31H50O4.C25H42O4.C6H10/c1-4-5-6-7-8-9-10-11-12-13-14-15-16-17-18-19-22-35-30(34)31-24-26(3)25(2)23-27(31)28(32)20-21-29(31)33;1-2-3-4-5-6-7-8-9-10-11-12-13-14-15-16-17-20-29-25(28)23-21-22(26)18-19-24(23)27;1-5(2)6(3)4/h20-21,27H,4-19,22-24H2,1-3H3;18-19,21,26-27H,2-17,20H2,1H3;1,3H2,2,4H3/t27-,31+;;/m1../s1. The Morgan fingerprint density at radius 2 is 0.929 bits per heavy atom. The third-order valence-corrected chi connectivity index (χ3v) is 14.3. The summed E-state index contributed by atoms with van der Waals surface area (Å²) in [5.74, 6) is -2.32. The van der Waals surface area contributed by atoms with Crippen molar-refractivity contribution >= 4 is 23.5 Å². The zero-order chi connectivity index (χ0) is 51.8. The van der Waals surface area contributed by atoms with Crippen LogP contribution in [0, 0.1) is 11.3 Å². The Kier molecular flexibility index (Phi) is 37.2. The number of hydrogen-bond donors (Lipinski definition) is 2. The van der Waals surface area contributed by atoms with Gasteiger partial charge in [0.1, 0.15) is 22.5 Å². The van der Waals surface area contributed by atoms with Crippen LogP contribution in [0.5, 0.6) is 11.5 Å². The fourth-order valence-corrected chi connectivity index (χ4v) is 9.21. The number of ketones is 2. The lowest BCUT2D eigenvalue weighted by atomic mass is 9.59. The van der Waals surface area contributed by atoms with Gasteiger partial charge in [0.05, 0.1) is 13.2 Å². The molecule has 2 N–H and O–H groups in total. The highest BCUT2D eigenvalue weighted by Crippen LogP contribution is 2.48. The molecule has 0 amide bonds. The van der Waals surface area contributed by atoms with Crippen LogP contribution in [0.3, 0.4) is 0 Å². The maximum absolute atomic E-state index is 13.1. The highest BCUT2D eigenvalue weighted by atomic mass is 16.5. The van der Waals surface area contributed by atoms with E-state index in [9.17, 15) is 29.4 Å². The van der Waals surface area contributed by atoms with Crippen molar-refractivity contribution in [2.45, 2.75) is 260 Å². The highest BCUT2D eigenvalue weighted by molar-refractivity contribution is 6.18. The van der Waals surface area contributed by atoms with E-state index in [1.54, 1.807) is 0 Å². The molecule has 70 heavy (non-hydrogen) atoms. The van der Waals surface area contributed by atoms with E-state index in [-0.39, 0.29) is 28.6 Å². The molecule has 3 rings (SSSR count). The molecule has 2 atom stereocenters. The van der Waals surface area contributed by atoms with Crippen LogP contribution in [0.25, 0.3) is 0 Å². The molecule has 2 aliphatic carbocycles. The maximum Gasteiger partial charge on any atom is 0.342 e. The highest BCUT2D eigenvalue weighted by Gasteiger charge is 2.57. The van der Waals surface area contributed by atoms with Crippen molar-refractivity contribution in [3.05, 3.63) is 71.4 Å². The molecular formula is C62H102O8. The van der Waals surface area contributed by atoms with E-state index in [1.807, 2.05) is 27.7 Å². The predicted molar refractivity (Wildman–Crippen MR) is 292 cm³/mol. The Morgan fingerprint density at radius 1 is 0.557 bits per heavy atom. The van der Waals surface area contributed by atoms with Gasteiger partial charge in [-0.15, -0.1) is 0 Å². The first-order chi connectivity index (χ1) is 33.7. The van der Waals surface area contributed by atoms with E-state index >= 15 is 0 Å². The lowest BCUT2D eigenvalue weighted by Gasteiger charge is -2.41. The normalized spacial score (nSPS) is 16.2. The van der Waals surface area contributed by atoms with E-state index in [0.717, 1.165) is 54.4 Å². The molecule has 0 bridgehead atoms. The molecule has 0 spiro atoms. The summed E-state index contributed by atoms with van der Waals surface area (Å²) in [7, 11) is 0. The summed E-state index contributed by atoms with van der Waals surface area (Å²) in [4.78, 5) is 50.3. The number of aromatic hydroxyl groups is 2. The average Bonchev–Trinajstić information content (AvgIpc) is 3.33. The molecule has 0 fully saturated rings. The van der Waals surface area contributed by atoms with Gasteiger partial charge in [0.15, 0.2) is 11.6 Å². The summed E-state index contributed by atoms with van der Waals surface area (Å²) in [5.41, 5.74) is 2.93. The smallest absolute Gasteiger partial charge is 0.342 e. The molecule has 0 aromatic heterocycles. The lowest BCUT2D eigenvalue weighted by molar-refractivity contribution is -0.166. The SMILES string of the molecule is C=C(C)C(=C)C.CCCCCCCCCCCCCCCCCCOC(=O)[C@@]12CC(C)=C(C)C[C@@H]1C(=O)C=CC2=O.CCCCCCCCCCCCCCCCCCOC(=O)c1cc(O)ccc1O. The first-order valence-corrected chi connectivity index (χ1v) is 28.3. The average molecular weight is 975 g/mol. The van der Waals surface area contributed by atoms with Gasteiger partial charge in [-0.3, -0.25) is 14.4 Å². The van der Waals surface area contributed by atoms with Crippen LogP contribution in [-0.2, 0) is 23.9 Å². The summed E-state index contributed by atoms with van der Waals surface area (Å²) < 4.78 is 10.8. The number of phenolic OH excluding ortho intramolecular Hbond substituents is 2. The largest absolute Gasteiger partial charge is 0.508 e. The van der Waals surface area contributed by atoms with Gasteiger partial charge in [0.25, 0.3) is 0 Å². The monoisotopic (exact) mass is 975 g/mol. The number of ether oxygens (including phenoxy) is 2. The number of phenols is 2. The van der Waals surface area contributed by atoms with E-state index in [1.165, 1.54) is 204 Å². The molecular weight excluding hydrogens is 873 g/mol. The molecule has 8 heteroatoms. The summed E-state index contributed by atoms with van der Waals surface area (Å²) in [6, 6.07) is 3.85. The van der Waals surface area contributed by atoms with Crippen LogP contribution in [0.4, 0.5) is 0 Å². The number of benzene rings is 1. The van der Waals surface area contributed by atoms with Gasteiger partial charge < -0.3 is 19.7 Å². The first kappa shape index (κ1) is 64.1. The summed E-state index contributed by atoms with van der Waals surface area (Å²) in [5, 5.41) is 19.0. The molecule has 1 aromatic carbocycles. The second-order valence-corrected chi connectivity index (χ2v) is 20.7. The van der Waals surface area contributed by atoms with Crippen LogP contribution in [0.15, 0.2) is 65.8 Å². The third-order valence-electron chi connectivity index (χ3n) is 14.3. The lowest BCUT2D eigenvalue weighted by Crippen LogP contribution is -2.52. The zero-order valence-electron chi connectivity index (χ0n) is 45.7. The maximum atomic E-state index is 13.1. The van der Waals surface area contributed by atoms with Gasteiger partial charge in [0, 0.05) is 5.92 Å². The number of allylic oxidation sites excluding steroid dienone is 6. The van der Waals surface area contributed by atoms with Crippen molar-refractivity contribution in [1.29, 1.82) is 0 Å². The summed E-state index contributed by atoms with van der Waals surface area (Å²) in [6.45, 7) is 20.4. The predicted octanol–water partition coefficient (Wildman–Crippen LogP) is 17.9. The Morgan fingerprint density at radius 3 is 1.31 bits per heavy atom. The number of hydrogen-bond acceptors (Lipinski definition) is 8. The number of fused-ring (bicyclic) bond motifs is 1. The van der Waals surface area contributed by atoms with Gasteiger partial charge in [-0.05, 0) is 83.7 Å². The van der Waals surface area contributed by atoms with Crippen LogP contribution < -0.4 is 0 Å². The number of carbonyl (C=O) groups excluding carboxylic acids is 4. The zero-order valence-corrected chi connectivity index (χ0v) is 45.7. The quantitative estimate of drug-likeness (QED) is 0.0169. The summed E-state index contributed by atoms with van der Waals surface area (Å²) in [6.07, 6.45) is 45.0. The molecule has 0 aliphatic heterocycles. The van der Waals surface area contributed by atoms with E-state index in [2.05, 4.69) is 27.0 Å². The number of esters is 2. The van der Waals surface area contributed by atoms with Crippen molar-refractivity contribution < 1.29 is 38.9 Å². The molecule has 398 valence electrons. The second-order valence-electron chi connectivity index (χ2n) is 20.7. The van der Waals surface area contributed by atoms with E-state index in [0.29, 0.717) is 26.1 Å². The first-order valence-electron chi connectivity index (χ1n) is 28.3. The number of unbranched alkanes of at least 4 members (excludes halogenated alkanes) is 30. The van der Waals surface area contributed by atoms with Crippen LogP contribution in [0.1, 0.15) is 270 Å². The Balaban J connectivity index is 0.000000635. The molecule has 0 heterocycles. The van der Waals surface area contributed by atoms with Crippen molar-refractivity contribution in [2.75, 3.05) is 13.2 Å².